The molecule has 2 aromatic rings. The molecule has 3 saturated heterocycles. The van der Waals surface area contributed by atoms with Crippen molar-refractivity contribution >= 4 is 22.4 Å². The monoisotopic (exact) mass is 384 g/mol. The molecule has 0 saturated carbocycles. The number of nitrogens with one attached hydrogen (secondary N) is 1. The summed E-state index contributed by atoms with van der Waals surface area (Å²) in [5, 5.41) is 4.22. The molecule has 7 heteroatoms. The number of hydrogen-bond donors (Lipinski definition) is 1. The van der Waals surface area contributed by atoms with Gasteiger partial charge >= 0.3 is 0 Å². The molecule has 0 unspecified atom stereocenters. The minimum atomic E-state index is -0.0547. The molecule has 142 valence electrons. The molecule has 5 rings (SSSR count). The molecule has 1 spiro atoms. The maximum atomic E-state index is 12.4. The molecule has 2 aromatic heterocycles. The van der Waals surface area contributed by atoms with Crippen LogP contribution >= 0.6 is 11.3 Å². The fourth-order valence-corrected chi connectivity index (χ4v) is 5.93. The van der Waals surface area contributed by atoms with Crippen LogP contribution in [0.1, 0.15) is 33.8 Å². The lowest BCUT2D eigenvalue weighted by Gasteiger charge is -2.29. The normalized spacial score (nSPS) is 31.3. The van der Waals surface area contributed by atoms with Gasteiger partial charge in [0.25, 0.3) is 5.91 Å². The summed E-state index contributed by atoms with van der Waals surface area (Å²) < 4.78 is 6.49. The topological polar surface area (TPSA) is 67.4 Å². The number of ether oxygens (including phenoxy) is 1. The Morgan fingerprint density at radius 1 is 1.48 bits per heavy atom. The third kappa shape index (κ3) is 2.75. The van der Waals surface area contributed by atoms with Crippen molar-refractivity contribution in [2.24, 2.45) is 11.8 Å². The SMILES string of the molecule is Cc1nc(N2C[C@@H]3[C@H](CNC(=O)c4cccnc4)[C@H]4CC[C@]3(C2)O4)sc1C. The van der Waals surface area contributed by atoms with Gasteiger partial charge < -0.3 is 15.0 Å². The molecule has 0 radical (unpaired) electrons. The van der Waals surface area contributed by atoms with E-state index >= 15 is 0 Å². The zero-order chi connectivity index (χ0) is 18.6. The number of rotatable bonds is 4. The largest absolute Gasteiger partial charge is 0.369 e. The Bertz CT molecular complexity index is 851. The first-order valence-corrected chi connectivity index (χ1v) is 10.4. The Kier molecular flexibility index (Phi) is 3.98. The van der Waals surface area contributed by atoms with Crippen molar-refractivity contribution in [2.45, 2.75) is 38.4 Å². The van der Waals surface area contributed by atoms with Gasteiger partial charge in [0.2, 0.25) is 0 Å². The average Bonchev–Trinajstić information content (AvgIpc) is 3.41. The van der Waals surface area contributed by atoms with Crippen molar-refractivity contribution in [3.8, 4) is 0 Å². The Morgan fingerprint density at radius 3 is 3.11 bits per heavy atom. The average molecular weight is 385 g/mol. The third-order valence-electron chi connectivity index (χ3n) is 6.49. The summed E-state index contributed by atoms with van der Waals surface area (Å²) in [5.74, 6) is 0.766. The first kappa shape index (κ1) is 17.1. The maximum absolute atomic E-state index is 12.4. The number of aryl methyl sites for hydroxylation is 2. The van der Waals surface area contributed by atoms with Crippen LogP contribution in [0.3, 0.4) is 0 Å². The molecule has 6 nitrogen and oxygen atoms in total. The van der Waals surface area contributed by atoms with Gasteiger partial charge in [0.15, 0.2) is 5.13 Å². The van der Waals surface area contributed by atoms with Crippen LogP contribution in [0.25, 0.3) is 0 Å². The van der Waals surface area contributed by atoms with Crippen molar-refractivity contribution in [3.05, 3.63) is 40.7 Å². The van der Waals surface area contributed by atoms with Crippen molar-refractivity contribution in [3.63, 3.8) is 0 Å². The van der Waals surface area contributed by atoms with Crippen LogP contribution in [-0.2, 0) is 4.74 Å². The van der Waals surface area contributed by atoms with Crippen molar-refractivity contribution in [1.82, 2.24) is 15.3 Å². The predicted octanol–water partition coefficient (Wildman–Crippen LogP) is 2.57. The molecular weight excluding hydrogens is 360 g/mol. The van der Waals surface area contributed by atoms with Crippen molar-refractivity contribution < 1.29 is 9.53 Å². The Balaban J connectivity index is 1.30. The summed E-state index contributed by atoms with van der Waals surface area (Å²) in [6.45, 7) is 6.76. The predicted molar refractivity (Wildman–Crippen MR) is 104 cm³/mol. The first-order chi connectivity index (χ1) is 13.1. The molecular formula is C20H24N4O2S. The van der Waals surface area contributed by atoms with E-state index in [0.717, 1.165) is 36.8 Å². The lowest BCUT2D eigenvalue weighted by molar-refractivity contribution is 0.0141. The number of pyridine rings is 1. The molecule has 1 N–H and O–H groups in total. The molecule has 0 aliphatic carbocycles. The summed E-state index contributed by atoms with van der Waals surface area (Å²) in [7, 11) is 0. The molecule has 1 amide bonds. The van der Waals surface area contributed by atoms with Gasteiger partial charge in [0, 0.05) is 48.7 Å². The Labute approximate surface area is 163 Å². The van der Waals surface area contributed by atoms with Crippen LogP contribution in [0.2, 0.25) is 0 Å². The zero-order valence-electron chi connectivity index (χ0n) is 15.6. The number of hydrogen-bond acceptors (Lipinski definition) is 6. The van der Waals surface area contributed by atoms with Gasteiger partial charge in [-0.1, -0.05) is 0 Å². The molecule has 27 heavy (non-hydrogen) atoms. The van der Waals surface area contributed by atoms with E-state index < -0.39 is 0 Å². The van der Waals surface area contributed by atoms with E-state index in [4.69, 9.17) is 9.72 Å². The van der Waals surface area contributed by atoms with Gasteiger partial charge in [-0.15, -0.1) is 11.3 Å². The molecule has 5 heterocycles. The molecule has 0 aromatic carbocycles. The lowest BCUT2D eigenvalue weighted by Crippen LogP contribution is -2.41. The highest BCUT2D eigenvalue weighted by atomic mass is 32.1. The molecule has 4 atom stereocenters. The Hall–Kier alpha value is -1.99. The number of fused-ring (bicyclic) bond motifs is 1. The van der Waals surface area contributed by atoms with Gasteiger partial charge in [0.1, 0.15) is 0 Å². The van der Waals surface area contributed by atoms with E-state index in [9.17, 15) is 4.79 Å². The standard InChI is InChI=1S/C20H24N4O2S/c1-12-13(2)27-19(23-12)24-10-16-15(17-5-6-20(16,11-24)26-17)9-22-18(25)14-4-3-7-21-8-14/h3-4,7-8,15-17H,5-6,9-11H2,1-2H3,(H,22,25)/t15-,16+,17+,20+/m0/s1. The lowest BCUT2D eigenvalue weighted by atomic mass is 9.73. The van der Waals surface area contributed by atoms with Gasteiger partial charge in [-0.25, -0.2) is 4.98 Å². The minimum Gasteiger partial charge on any atom is -0.369 e. The summed E-state index contributed by atoms with van der Waals surface area (Å²) in [6.07, 6.45) is 5.77. The van der Waals surface area contributed by atoms with Gasteiger partial charge in [-0.3, -0.25) is 9.78 Å². The molecule has 2 bridgehead atoms. The minimum absolute atomic E-state index is 0.0537. The number of anilines is 1. The summed E-state index contributed by atoms with van der Waals surface area (Å²) in [5.41, 5.74) is 1.68. The van der Waals surface area contributed by atoms with E-state index in [1.54, 1.807) is 35.9 Å². The number of nitrogens with zero attached hydrogens (tertiary/aromatic N) is 3. The number of carbonyl (C=O) groups is 1. The highest BCUT2D eigenvalue weighted by Crippen LogP contribution is 2.55. The van der Waals surface area contributed by atoms with Crippen LogP contribution in [0.15, 0.2) is 24.5 Å². The van der Waals surface area contributed by atoms with E-state index in [1.807, 2.05) is 0 Å². The van der Waals surface area contributed by atoms with Gasteiger partial charge in [-0.05, 0) is 38.8 Å². The molecule has 3 aliphatic rings. The highest BCUT2D eigenvalue weighted by molar-refractivity contribution is 7.15. The second-order valence-electron chi connectivity index (χ2n) is 8.00. The molecule has 3 aliphatic heterocycles. The van der Waals surface area contributed by atoms with E-state index in [0.29, 0.717) is 23.9 Å². The second-order valence-corrected chi connectivity index (χ2v) is 9.18. The first-order valence-electron chi connectivity index (χ1n) is 9.61. The van der Waals surface area contributed by atoms with Crippen LogP contribution < -0.4 is 10.2 Å². The fraction of sp³-hybridized carbons (Fsp3) is 0.550. The highest BCUT2D eigenvalue weighted by Gasteiger charge is 2.63. The van der Waals surface area contributed by atoms with Crippen molar-refractivity contribution in [2.75, 3.05) is 24.5 Å². The quantitative estimate of drug-likeness (QED) is 0.878. The summed E-state index contributed by atoms with van der Waals surface area (Å²) >= 11 is 1.77. The summed E-state index contributed by atoms with van der Waals surface area (Å²) in [6, 6.07) is 3.59. The fourth-order valence-electron chi connectivity index (χ4n) is 5.01. The van der Waals surface area contributed by atoms with Gasteiger partial charge in [0.05, 0.1) is 23.0 Å². The number of thiazole rings is 1. The van der Waals surface area contributed by atoms with Gasteiger partial charge in [-0.2, -0.15) is 0 Å². The molecule has 3 fully saturated rings. The number of carbonyl (C=O) groups excluding carboxylic acids is 1. The van der Waals surface area contributed by atoms with E-state index in [1.165, 1.54) is 4.88 Å². The van der Waals surface area contributed by atoms with Crippen LogP contribution in [0, 0.1) is 25.7 Å². The van der Waals surface area contributed by atoms with Crippen molar-refractivity contribution in [1.29, 1.82) is 0 Å². The van der Waals surface area contributed by atoms with Crippen LogP contribution in [0.5, 0.6) is 0 Å². The Morgan fingerprint density at radius 2 is 2.37 bits per heavy atom. The van der Waals surface area contributed by atoms with E-state index in [2.05, 4.69) is 29.0 Å². The smallest absolute Gasteiger partial charge is 0.252 e. The maximum Gasteiger partial charge on any atom is 0.252 e. The number of aromatic nitrogens is 2. The van der Waals surface area contributed by atoms with E-state index in [-0.39, 0.29) is 17.6 Å². The summed E-state index contributed by atoms with van der Waals surface area (Å²) in [4.78, 5) is 24.9. The number of amides is 1. The van der Waals surface area contributed by atoms with Crippen LogP contribution in [-0.4, -0.2) is 47.2 Å². The second kappa shape index (κ2) is 6.27. The zero-order valence-corrected chi connectivity index (χ0v) is 16.5. The third-order valence-corrected chi connectivity index (χ3v) is 7.63. The van der Waals surface area contributed by atoms with Crippen LogP contribution in [0.4, 0.5) is 5.13 Å².